The summed E-state index contributed by atoms with van der Waals surface area (Å²) in [5.41, 5.74) is 0.755. The average Bonchev–Trinajstić information content (AvgIpc) is 2.22. The van der Waals surface area contributed by atoms with Crippen LogP contribution in [0.4, 0.5) is 5.82 Å². The van der Waals surface area contributed by atoms with Crippen LogP contribution in [0.15, 0.2) is 12.4 Å². The molecular formula is C9H13N3O3. The summed E-state index contributed by atoms with van der Waals surface area (Å²) < 4.78 is 4.63. The molecule has 0 saturated heterocycles. The van der Waals surface area contributed by atoms with Gasteiger partial charge in [0.25, 0.3) is 5.91 Å². The number of anilines is 1. The number of aliphatic hydroxyl groups excluding tert-OH is 1. The Morgan fingerprint density at radius 3 is 2.87 bits per heavy atom. The summed E-state index contributed by atoms with van der Waals surface area (Å²) in [6, 6.07) is 0. The van der Waals surface area contributed by atoms with E-state index in [9.17, 15) is 9.90 Å². The predicted molar refractivity (Wildman–Crippen MR) is 53.3 cm³/mol. The summed E-state index contributed by atoms with van der Waals surface area (Å²) >= 11 is 0. The number of aromatic nitrogens is 2. The molecule has 0 saturated carbocycles. The van der Waals surface area contributed by atoms with Crippen LogP contribution in [-0.2, 0) is 9.53 Å². The largest absolute Gasteiger partial charge is 0.381 e. The van der Waals surface area contributed by atoms with Gasteiger partial charge >= 0.3 is 0 Å². The fourth-order valence-corrected chi connectivity index (χ4v) is 0.900. The van der Waals surface area contributed by atoms with Gasteiger partial charge in [0, 0.05) is 7.11 Å². The lowest BCUT2D eigenvalue weighted by Crippen LogP contribution is -2.31. The van der Waals surface area contributed by atoms with Crippen LogP contribution in [-0.4, -0.2) is 40.8 Å². The zero-order valence-electron chi connectivity index (χ0n) is 8.60. The third-order valence-corrected chi connectivity index (χ3v) is 1.66. The van der Waals surface area contributed by atoms with E-state index in [1.54, 1.807) is 6.92 Å². The highest BCUT2D eigenvalue weighted by Gasteiger charge is 2.14. The van der Waals surface area contributed by atoms with Gasteiger partial charge in [-0.2, -0.15) is 0 Å². The maximum atomic E-state index is 11.3. The minimum atomic E-state index is -1.20. The Kier molecular flexibility index (Phi) is 4.14. The molecule has 0 fully saturated rings. The Hall–Kier alpha value is -1.53. The Labute approximate surface area is 87.3 Å². The van der Waals surface area contributed by atoms with E-state index in [4.69, 9.17) is 0 Å². The summed E-state index contributed by atoms with van der Waals surface area (Å²) in [5, 5.41) is 11.7. The van der Waals surface area contributed by atoms with Crippen molar-refractivity contribution in [1.82, 2.24) is 9.97 Å². The molecule has 1 rings (SSSR count). The fourth-order valence-electron chi connectivity index (χ4n) is 0.900. The molecule has 15 heavy (non-hydrogen) atoms. The van der Waals surface area contributed by atoms with Crippen LogP contribution in [0, 0.1) is 6.92 Å². The number of aliphatic hydroxyl groups is 1. The number of nitrogens with one attached hydrogen (secondary N) is 1. The minimum absolute atomic E-state index is 0.0505. The number of amides is 1. The Morgan fingerprint density at radius 1 is 1.60 bits per heavy atom. The monoisotopic (exact) mass is 211 g/mol. The molecule has 0 radical (unpaired) electrons. The van der Waals surface area contributed by atoms with Crippen LogP contribution in [0.5, 0.6) is 0 Å². The van der Waals surface area contributed by atoms with Gasteiger partial charge in [0.2, 0.25) is 0 Å². The molecule has 0 aliphatic rings. The lowest BCUT2D eigenvalue weighted by Gasteiger charge is -2.09. The summed E-state index contributed by atoms with van der Waals surface area (Å²) in [4.78, 5) is 19.1. The van der Waals surface area contributed by atoms with Crippen LogP contribution in [0.25, 0.3) is 0 Å². The molecule has 0 aromatic carbocycles. The van der Waals surface area contributed by atoms with E-state index in [1.165, 1.54) is 19.5 Å². The minimum Gasteiger partial charge on any atom is -0.381 e. The van der Waals surface area contributed by atoms with Gasteiger partial charge in [-0.15, -0.1) is 0 Å². The van der Waals surface area contributed by atoms with Gasteiger partial charge in [-0.3, -0.25) is 9.78 Å². The molecule has 6 heteroatoms. The Balaban J connectivity index is 2.54. The van der Waals surface area contributed by atoms with Gasteiger partial charge in [0.05, 0.1) is 24.7 Å². The topological polar surface area (TPSA) is 84.3 Å². The smallest absolute Gasteiger partial charge is 0.256 e. The number of methoxy groups -OCH3 is 1. The van der Waals surface area contributed by atoms with Gasteiger partial charge in [-0.1, -0.05) is 0 Å². The van der Waals surface area contributed by atoms with Crippen LogP contribution in [0.1, 0.15) is 5.69 Å². The average molecular weight is 211 g/mol. The number of nitrogens with zero attached hydrogens (tertiary/aromatic N) is 2. The molecule has 0 spiro atoms. The van der Waals surface area contributed by atoms with Gasteiger partial charge in [-0.05, 0) is 6.92 Å². The quantitative estimate of drug-likeness (QED) is 0.716. The number of carbonyl (C=O) groups excluding carboxylic acids is 1. The first-order chi connectivity index (χ1) is 7.13. The SMILES string of the molecule is COCC(O)C(=O)Nc1cnc(C)cn1. The van der Waals surface area contributed by atoms with Gasteiger partial charge in [0.1, 0.15) is 0 Å². The number of rotatable bonds is 4. The summed E-state index contributed by atoms with van der Waals surface area (Å²) in [6.45, 7) is 1.74. The summed E-state index contributed by atoms with van der Waals surface area (Å²) in [5.74, 6) is -0.254. The van der Waals surface area contributed by atoms with Crippen molar-refractivity contribution in [2.45, 2.75) is 13.0 Å². The van der Waals surface area contributed by atoms with E-state index in [0.29, 0.717) is 5.82 Å². The van der Waals surface area contributed by atoms with E-state index in [1.807, 2.05) is 0 Å². The zero-order valence-corrected chi connectivity index (χ0v) is 8.60. The molecule has 1 unspecified atom stereocenters. The van der Waals surface area contributed by atoms with Crippen molar-refractivity contribution < 1.29 is 14.6 Å². The molecule has 1 atom stereocenters. The number of aryl methyl sites for hydroxylation is 1. The van der Waals surface area contributed by atoms with Crippen molar-refractivity contribution in [1.29, 1.82) is 0 Å². The molecule has 2 N–H and O–H groups in total. The normalized spacial score (nSPS) is 12.2. The first-order valence-corrected chi connectivity index (χ1v) is 4.40. The molecule has 0 aliphatic heterocycles. The Morgan fingerprint density at radius 2 is 2.33 bits per heavy atom. The highest BCUT2D eigenvalue weighted by Crippen LogP contribution is 2.01. The van der Waals surface area contributed by atoms with Crippen LogP contribution < -0.4 is 5.32 Å². The fraction of sp³-hybridized carbons (Fsp3) is 0.444. The maximum Gasteiger partial charge on any atom is 0.256 e. The number of hydrogen-bond acceptors (Lipinski definition) is 5. The van der Waals surface area contributed by atoms with Gasteiger partial charge < -0.3 is 15.2 Å². The summed E-state index contributed by atoms with van der Waals surface area (Å²) in [6.07, 6.45) is 1.75. The first kappa shape index (κ1) is 11.5. The van der Waals surface area contributed by atoms with Crippen LogP contribution in [0.3, 0.4) is 0 Å². The van der Waals surface area contributed by atoms with Crippen LogP contribution in [0.2, 0.25) is 0 Å². The molecule has 1 aromatic heterocycles. The van der Waals surface area contributed by atoms with Crippen molar-refractivity contribution in [3.63, 3.8) is 0 Å². The van der Waals surface area contributed by atoms with E-state index >= 15 is 0 Å². The summed E-state index contributed by atoms with van der Waals surface area (Å²) in [7, 11) is 1.40. The lowest BCUT2D eigenvalue weighted by atomic mass is 10.3. The van der Waals surface area contributed by atoms with Gasteiger partial charge in [-0.25, -0.2) is 4.98 Å². The second kappa shape index (κ2) is 5.38. The lowest BCUT2D eigenvalue weighted by molar-refractivity contribution is -0.126. The molecule has 1 heterocycles. The van der Waals surface area contributed by atoms with Crippen molar-refractivity contribution in [2.75, 3.05) is 19.0 Å². The van der Waals surface area contributed by atoms with E-state index < -0.39 is 12.0 Å². The Bertz CT molecular complexity index is 326. The molecule has 6 nitrogen and oxygen atoms in total. The van der Waals surface area contributed by atoms with E-state index in [2.05, 4.69) is 20.0 Å². The van der Waals surface area contributed by atoms with E-state index in [-0.39, 0.29) is 6.61 Å². The highest BCUT2D eigenvalue weighted by molar-refractivity contribution is 5.93. The molecule has 1 amide bonds. The predicted octanol–water partition coefficient (Wildman–Crippen LogP) is -0.269. The zero-order chi connectivity index (χ0) is 11.3. The molecule has 82 valence electrons. The third kappa shape index (κ3) is 3.61. The standard InChI is InChI=1S/C9H13N3O3/c1-6-3-11-8(4-10-6)12-9(14)7(13)5-15-2/h3-4,7,13H,5H2,1-2H3,(H,11,12,14). The maximum absolute atomic E-state index is 11.3. The van der Waals surface area contributed by atoms with Crippen molar-refractivity contribution in [3.05, 3.63) is 18.1 Å². The molecule has 0 aliphatic carbocycles. The van der Waals surface area contributed by atoms with Gasteiger partial charge in [0.15, 0.2) is 11.9 Å². The number of ether oxygens (including phenoxy) is 1. The first-order valence-electron chi connectivity index (χ1n) is 4.40. The van der Waals surface area contributed by atoms with Crippen molar-refractivity contribution >= 4 is 11.7 Å². The number of hydrogen-bond donors (Lipinski definition) is 2. The second-order valence-electron chi connectivity index (χ2n) is 3.00. The van der Waals surface area contributed by atoms with E-state index in [0.717, 1.165) is 5.69 Å². The molecule has 0 bridgehead atoms. The van der Waals surface area contributed by atoms with Crippen molar-refractivity contribution in [2.24, 2.45) is 0 Å². The highest BCUT2D eigenvalue weighted by atomic mass is 16.5. The van der Waals surface area contributed by atoms with Crippen LogP contribution >= 0.6 is 0 Å². The second-order valence-corrected chi connectivity index (χ2v) is 3.00. The van der Waals surface area contributed by atoms with Crippen molar-refractivity contribution in [3.8, 4) is 0 Å². The molecular weight excluding hydrogens is 198 g/mol. The molecule has 1 aromatic rings. The third-order valence-electron chi connectivity index (χ3n) is 1.66. The number of carbonyl (C=O) groups is 1.